The summed E-state index contributed by atoms with van der Waals surface area (Å²) in [4.78, 5) is 16.8. The van der Waals surface area contributed by atoms with E-state index in [0.29, 0.717) is 0 Å². The van der Waals surface area contributed by atoms with Crippen molar-refractivity contribution >= 4 is 17.7 Å². The first-order chi connectivity index (χ1) is 10.1. The minimum atomic E-state index is -0.939. The molecule has 0 bridgehead atoms. The van der Waals surface area contributed by atoms with Crippen LogP contribution in [0.4, 0.5) is 5.69 Å². The molecule has 0 aliphatic carbocycles. The lowest BCUT2D eigenvalue weighted by Gasteiger charge is -2.21. The number of pyridine rings is 1. The first-order valence-electron chi connectivity index (χ1n) is 6.68. The van der Waals surface area contributed by atoms with Gasteiger partial charge >= 0.3 is 5.97 Å². The molecule has 0 aliphatic heterocycles. The normalized spacial score (nSPS) is 10.8. The summed E-state index contributed by atoms with van der Waals surface area (Å²) in [5.41, 5.74) is 4.25. The summed E-state index contributed by atoms with van der Waals surface area (Å²) in [5, 5.41) is 8.65. The predicted molar refractivity (Wildman–Crippen MR) is 84.2 cm³/mol. The fraction of sp³-hybridized carbons (Fsp3) is 0.176. The van der Waals surface area contributed by atoms with Gasteiger partial charge in [0.2, 0.25) is 0 Å². The van der Waals surface area contributed by atoms with Crippen LogP contribution in [0.3, 0.4) is 0 Å². The number of hydrogen-bond donors (Lipinski definition) is 1. The summed E-state index contributed by atoms with van der Waals surface area (Å²) < 4.78 is 0. The van der Waals surface area contributed by atoms with Crippen molar-refractivity contribution in [2.24, 2.45) is 0 Å². The molecule has 2 aromatic rings. The number of carbonyl (C=O) groups is 1. The number of carboxylic acids is 1. The Kier molecular flexibility index (Phi) is 4.72. The number of carboxylic acid groups (broad SMARTS) is 1. The van der Waals surface area contributed by atoms with Gasteiger partial charge in [0.05, 0.1) is 0 Å². The maximum Gasteiger partial charge on any atom is 0.328 e. The molecule has 0 radical (unpaired) electrons. The SMILES string of the molecule is Cc1cc(C=CC(=O)O)ccc1N(C)Cc1cccnc1. The Morgan fingerprint density at radius 3 is 2.81 bits per heavy atom. The van der Waals surface area contributed by atoms with Gasteiger partial charge in [-0.25, -0.2) is 4.79 Å². The van der Waals surface area contributed by atoms with E-state index in [1.807, 2.05) is 50.5 Å². The molecule has 0 fully saturated rings. The minimum absolute atomic E-state index is 0.777. The maximum absolute atomic E-state index is 10.5. The van der Waals surface area contributed by atoms with Crippen LogP contribution in [-0.2, 0) is 11.3 Å². The quantitative estimate of drug-likeness (QED) is 0.856. The monoisotopic (exact) mass is 282 g/mol. The van der Waals surface area contributed by atoms with E-state index in [1.54, 1.807) is 12.3 Å². The summed E-state index contributed by atoms with van der Waals surface area (Å²) in [6.45, 7) is 2.80. The van der Waals surface area contributed by atoms with Gasteiger partial charge in [-0.05, 0) is 47.9 Å². The van der Waals surface area contributed by atoms with Crippen molar-refractivity contribution < 1.29 is 9.90 Å². The highest BCUT2D eigenvalue weighted by atomic mass is 16.4. The molecule has 0 spiro atoms. The Balaban J connectivity index is 2.15. The zero-order chi connectivity index (χ0) is 15.2. The standard InChI is InChI=1S/C17H18N2O2/c1-13-10-14(6-8-17(20)21)5-7-16(13)19(2)12-15-4-3-9-18-11-15/h3-11H,12H2,1-2H3,(H,20,21). The molecule has 2 rings (SSSR count). The lowest BCUT2D eigenvalue weighted by Crippen LogP contribution is -2.17. The highest BCUT2D eigenvalue weighted by Gasteiger charge is 2.06. The van der Waals surface area contributed by atoms with Crippen molar-refractivity contribution in [1.82, 2.24) is 4.98 Å². The van der Waals surface area contributed by atoms with E-state index in [-0.39, 0.29) is 0 Å². The number of hydrogen-bond acceptors (Lipinski definition) is 3. The van der Waals surface area contributed by atoms with Crippen LogP contribution < -0.4 is 4.90 Å². The lowest BCUT2D eigenvalue weighted by atomic mass is 10.1. The number of aliphatic carboxylic acids is 1. The van der Waals surface area contributed by atoms with E-state index in [1.165, 1.54) is 0 Å². The number of nitrogens with zero attached hydrogens (tertiary/aromatic N) is 2. The summed E-state index contributed by atoms with van der Waals surface area (Å²) in [7, 11) is 2.03. The van der Waals surface area contributed by atoms with Crippen LogP contribution in [0.5, 0.6) is 0 Å². The summed E-state index contributed by atoms with van der Waals surface area (Å²) >= 11 is 0. The molecule has 1 aromatic heterocycles. The van der Waals surface area contributed by atoms with Gasteiger partial charge in [-0.3, -0.25) is 4.98 Å². The molecule has 0 saturated carbocycles. The highest BCUT2D eigenvalue weighted by molar-refractivity contribution is 5.85. The number of aryl methyl sites for hydroxylation is 1. The highest BCUT2D eigenvalue weighted by Crippen LogP contribution is 2.22. The van der Waals surface area contributed by atoms with Crippen molar-refractivity contribution in [1.29, 1.82) is 0 Å². The number of benzene rings is 1. The summed E-state index contributed by atoms with van der Waals surface area (Å²) in [6.07, 6.45) is 6.36. The van der Waals surface area contributed by atoms with Crippen molar-refractivity contribution in [2.75, 3.05) is 11.9 Å². The van der Waals surface area contributed by atoms with Gasteiger partial charge in [0, 0.05) is 37.7 Å². The fourth-order valence-corrected chi connectivity index (χ4v) is 2.23. The smallest absolute Gasteiger partial charge is 0.328 e. The van der Waals surface area contributed by atoms with Gasteiger partial charge < -0.3 is 10.0 Å². The van der Waals surface area contributed by atoms with Crippen molar-refractivity contribution in [3.05, 3.63) is 65.5 Å². The van der Waals surface area contributed by atoms with Gasteiger partial charge in [-0.1, -0.05) is 12.1 Å². The van der Waals surface area contributed by atoms with Crippen LogP contribution >= 0.6 is 0 Å². The van der Waals surface area contributed by atoms with Gasteiger partial charge in [-0.2, -0.15) is 0 Å². The molecule has 0 atom stereocenters. The molecule has 4 heteroatoms. The molecule has 21 heavy (non-hydrogen) atoms. The number of anilines is 1. The zero-order valence-electron chi connectivity index (χ0n) is 12.2. The van der Waals surface area contributed by atoms with Gasteiger partial charge in [0.15, 0.2) is 0 Å². The summed E-state index contributed by atoms with van der Waals surface area (Å²) in [6, 6.07) is 9.88. The van der Waals surface area contributed by atoms with Crippen LogP contribution in [0.1, 0.15) is 16.7 Å². The number of aromatic nitrogens is 1. The van der Waals surface area contributed by atoms with Gasteiger partial charge in [0.25, 0.3) is 0 Å². The third-order valence-corrected chi connectivity index (χ3v) is 3.19. The van der Waals surface area contributed by atoms with E-state index in [9.17, 15) is 4.79 Å². The molecule has 4 nitrogen and oxygen atoms in total. The van der Waals surface area contributed by atoms with Crippen LogP contribution in [0, 0.1) is 6.92 Å². The average Bonchev–Trinajstić information content (AvgIpc) is 2.46. The topological polar surface area (TPSA) is 53.4 Å². The van der Waals surface area contributed by atoms with Gasteiger partial charge in [0.1, 0.15) is 0 Å². The molecule has 0 saturated heterocycles. The number of rotatable bonds is 5. The first-order valence-corrected chi connectivity index (χ1v) is 6.68. The first kappa shape index (κ1) is 14.8. The Labute approximate surface area is 124 Å². The molecule has 0 unspecified atom stereocenters. The van der Waals surface area contributed by atoms with Crippen LogP contribution in [-0.4, -0.2) is 23.1 Å². The van der Waals surface area contributed by atoms with Crippen LogP contribution in [0.25, 0.3) is 6.08 Å². The fourth-order valence-electron chi connectivity index (χ4n) is 2.23. The molecule has 0 aliphatic rings. The molecule has 0 amide bonds. The second kappa shape index (κ2) is 6.70. The molecular formula is C17H18N2O2. The summed E-state index contributed by atoms with van der Waals surface area (Å²) in [5.74, 6) is -0.939. The van der Waals surface area contributed by atoms with E-state index >= 15 is 0 Å². The van der Waals surface area contributed by atoms with Crippen molar-refractivity contribution in [3.63, 3.8) is 0 Å². The molecule has 108 valence electrons. The largest absolute Gasteiger partial charge is 0.478 e. The van der Waals surface area contributed by atoms with Crippen molar-refractivity contribution in [3.8, 4) is 0 Å². The molecular weight excluding hydrogens is 264 g/mol. The maximum atomic E-state index is 10.5. The van der Waals surface area contributed by atoms with Gasteiger partial charge in [-0.15, -0.1) is 0 Å². The third-order valence-electron chi connectivity index (χ3n) is 3.19. The van der Waals surface area contributed by atoms with Crippen LogP contribution in [0.15, 0.2) is 48.8 Å². The lowest BCUT2D eigenvalue weighted by molar-refractivity contribution is -0.131. The molecule has 1 N–H and O–H groups in total. The van der Waals surface area contributed by atoms with Crippen LogP contribution in [0.2, 0.25) is 0 Å². The zero-order valence-corrected chi connectivity index (χ0v) is 12.2. The second-order valence-electron chi connectivity index (χ2n) is 4.93. The van der Waals surface area contributed by atoms with Crippen molar-refractivity contribution in [2.45, 2.75) is 13.5 Å². The Morgan fingerprint density at radius 1 is 1.38 bits per heavy atom. The predicted octanol–water partition coefficient (Wildman–Crippen LogP) is 3.12. The molecule has 1 aromatic carbocycles. The van der Waals surface area contributed by atoms with E-state index in [4.69, 9.17) is 5.11 Å². The Morgan fingerprint density at radius 2 is 2.19 bits per heavy atom. The minimum Gasteiger partial charge on any atom is -0.478 e. The Hall–Kier alpha value is -2.62. The Bertz CT molecular complexity index is 651. The van der Waals surface area contributed by atoms with E-state index in [2.05, 4.69) is 9.88 Å². The second-order valence-corrected chi connectivity index (χ2v) is 4.93. The average molecular weight is 282 g/mol. The van der Waals surface area contributed by atoms with E-state index in [0.717, 1.165) is 35.0 Å². The van der Waals surface area contributed by atoms with E-state index < -0.39 is 5.97 Å². The molecule has 1 heterocycles. The third kappa shape index (κ3) is 4.18.